The lowest BCUT2D eigenvalue weighted by Crippen LogP contribution is -2.27. The number of para-hydroxylation sites is 2. The fourth-order valence-electron chi connectivity index (χ4n) is 2.81. The molecule has 0 fully saturated rings. The van der Waals surface area contributed by atoms with Crippen LogP contribution < -0.4 is 10.7 Å². The molecule has 0 aliphatic heterocycles. The van der Waals surface area contributed by atoms with E-state index in [2.05, 4.69) is 10.4 Å². The molecule has 3 aromatic rings. The van der Waals surface area contributed by atoms with Gasteiger partial charge < -0.3 is 5.32 Å². The lowest BCUT2D eigenvalue weighted by atomic mass is 10.1. The van der Waals surface area contributed by atoms with Crippen LogP contribution in [0.5, 0.6) is 0 Å². The normalized spacial score (nSPS) is 10.5. The average molecular weight is 378 g/mol. The summed E-state index contributed by atoms with van der Waals surface area (Å²) in [6, 6.07) is 14.5. The van der Waals surface area contributed by atoms with Gasteiger partial charge in [-0.1, -0.05) is 31.2 Å². The number of carbonyl (C=O) groups is 1. The quantitative estimate of drug-likeness (QED) is 0.542. The summed E-state index contributed by atoms with van der Waals surface area (Å²) in [5.41, 5.74) is 1.05. The Morgan fingerprint density at radius 1 is 1.18 bits per heavy atom. The van der Waals surface area contributed by atoms with Crippen LogP contribution in [-0.4, -0.2) is 20.6 Å². The maximum Gasteiger partial charge on any atom is 0.294 e. The third kappa shape index (κ3) is 3.80. The van der Waals surface area contributed by atoms with Gasteiger partial charge in [0.25, 0.3) is 11.6 Å². The number of aromatic nitrogens is 2. The molecular formula is C20H18N4O4. The van der Waals surface area contributed by atoms with Crippen LogP contribution in [0.1, 0.15) is 28.7 Å². The zero-order valence-electron chi connectivity index (χ0n) is 15.4. The van der Waals surface area contributed by atoms with Crippen molar-refractivity contribution in [1.82, 2.24) is 9.78 Å². The van der Waals surface area contributed by atoms with E-state index in [4.69, 9.17) is 0 Å². The Morgan fingerprint density at radius 3 is 2.64 bits per heavy atom. The summed E-state index contributed by atoms with van der Waals surface area (Å²) in [6.45, 7) is 3.59. The second kappa shape index (κ2) is 7.83. The minimum absolute atomic E-state index is 0.173. The molecule has 1 aromatic heterocycles. The van der Waals surface area contributed by atoms with E-state index in [0.29, 0.717) is 11.4 Å². The smallest absolute Gasteiger partial charge is 0.294 e. The molecule has 2 aromatic carbocycles. The summed E-state index contributed by atoms with van der Waals surface area (Å²) in [5.74, 6) is -0.675. The Morgan fingerprint density at radius 2 is 1.93 bits per heavy atom. The van der Waals surface area contributed by atoms with E-state index in [9.17, 15) is 19.7 Å². The highest BCUT2D eigenvalue weighted by molar-refractivity contribution is 6.02. The Hall–Kier alpha value is -3.81. The van der Waals surface area contributed by atoms with Crippen LogP contribution >= 0.6 is 0 Å². The summed E-state index contributed by atoms with van der Waals surface area (Å²) >= 11 is 0. The van der Waals surface area contributed by atoms with Crippen molar-refractivity contribution in [3.05, 3.63) is 91.9 Å². The highest BCUT2D eigenvalue weighted by Crippen LogP contribution is 2.22. The number of nitrogens with zero attached hydrogens (tertiary/aromatic N) is 3. The molecule has 1 N–H and O–H groups in total. The first-order valence-corrected chi connectivity index (χ1v) is 8.65. The lowest BCUT2D eigenvalue weighted by molar-refractivity contribution is -0.384. The first-order chi connectivity index (χ1) is 13.4. The molecule has 0 saturated heterocycles. The number of amides is 1. The Labute approximate surface area is 160 Å². The number of nitro groups is 1. The fourth-order valence-corrected chi connectivity index (χ4v) is 2.81. The van der Waals surface area contributed by atoms with Crippen molar-refractivity contribution < 1.29 is 9.72 Å². The van der Waals surface area contributed by atoms with Gasteiger partial charge in [0, 0.05) is 23.5 Å². The highest BCUT2D eigenvalue weighted by atomic mass is 16.6. The van der Waals surface area contributed by atoms with Gasteiger partial charge in [-0.15, -0.1) is 0 Å². The number of nitrogens with one attached hydrogen (secondary N) is 1. The van der Waals surface area contributed by atoms with E-state index in [0.717, 1.165) is 12.0 Å². The molecule has 3 rings (SSSR count). The molecule has 0 atom stereocenters. The number of benzene rings is 2. The van der Waals surface area contributed by atoms with Crippen LogP contribution in [0.2, 0.25) is 0 Å². The minimum atomic E-state index is -0.675. The Kier molecular flexibility index (Phi) is 5.30. The summed E-state index contributed by atoms with van der Waals surface area (Å²) in [5, 5.41) is 18.1. The molecule has 1 heterocycles. The van der Waals surface area contributed by atoms with Crippen LogP contribution in [0.3, 0.4) is 0 Å². The average Bonchev–Trinajstić information content (AvgIpc) is 2.68. The zero-order chi connectivity index (χ0) is 20.3. The van der Waals surface area contributed by atoms with Gasteiger partial charge in [-0.3, -0.25) is 19.7 Å². The number of anilines is 1. The third-order valence-corrected chi connectivity index (χ3v) is 4.22. The van der Waals surface area contributed by atoms with E-state index in [-0.39, 0.29) is 17.1 Å². The van der Waals surface area contributed by atoms with Gasteiger partial charge in [-0.2, -0.15) is 5.10 Å². The van der Waals surface area contributed by atoms with Crippen LogP contribution in [0.25, 0.3) is 5.69 Å². The second-order valence-electron chi connectivity index (χ2n) is 6.16. The monoisotopic (exact) mass is 378 g/mol. The molecule has 8 nitrogen and oxygen atoms in total. The van der Waals surface area contributed by atoms with Gasteiger partial charge in [0.2, 0.25) is 5.43 Å². The molecule has 0 saturated carbocycles. The predicted molar refractivity (Wildman–Crippen MR) is 105 cm³/mol. The van der Waals surface area contributed by atoms with Crippen molar-refractivity contribution in [2.45, 2.75) is 20.3 Å². The van der Waals surface area contributed by atoms with Gasteiger partial charge in [-0.05, 0) is 37.1 Å². The zero-order valence-corrected chi connectivity index (χ0v) is 15.4. The summed E-state index contributed by atoms with van der Waals surface area (Å²) in [7, 11) is 0. The van der Waals surface area contributed by atoms with E-state index >= 15 is 0 Å². The third-order valence-electron chi connectivity index (χ3n) is 4.22. The number of carbonyl (C=O) groups excluding carboxylic acids is 1. The molecule has 0 spiro atoms. The fraction of sp³-hybridized carbons (Fsp3) is 0.150. The van der Waals surface area contributed by atoms with Gasteiger partial charge in [-0.25, -0.2) is 4.68 Å². The number of rotatable bonds is 5. The van der Waals surface area contributed by atoms with Gasteiger partial charge >= 0.3 is 0 Å². The first-order valence-electron chi connectivity index (χ1n) is 8.65. The molecule has 142 valence electrons. The molecular weight excluding hydrogens is 360 g/mol. The highest BCUT2D eigenvalue weighted by Gasteiger charge is 2.20. The van der Waals surface area contributed by atoms with Crippen molar-refractivity contribution >= 4 is 17.3 Å². The van der Waals surface area contributed by atoms with Crippen molar-refractivity contribution in [1.29, 1.82) is 0 Å². The van der Waals surface area contributed by atoms with Crippen molar-refractivity contribution in [3.63, 3.8) is 0 Å². The maximum atomic E-state index is 12.6. The van der Waals surface area contributed by atoms with Gasteiger partial charge in [0.15, 0.2) is 5.69 Å². The first kappa shape index (κ1) is 19.0. The summed E-state index contributed by atoms with van der Waals surface area (Å²) in [4.78, 5) is 35.7. The lowest BCUT2D eigenvalue weighted by Gasteiger charge is -2.12. The molecule has 0 radical (unpaired) electrons. The maximum absolute atomic E-state index is 12.6. The molecule has 8 heteroatoms. The largest absolute Gasteiger partial charge is 0.320 e. The summed E-state index contributed by atoms with van der Waals surface area (Å²) < 4.78 is 1.23. The number of aryl methyl sites for hydroxylation is 2. The SMILES string of the molecule is CCc1cccc(NC(=O)c2nn(-c3ccccc3[N+](=O)[O-])c(C)cc2=O)c1. The molecule has 0 bridgehead atoms. The van der Waals surface area contributed by atoms with Crippen molar-refractivity contribution in [3.8, 4) is 5.69 Å². The topological polar surface area (TPSA) is 107 Å². The van der Waals surface area contributed by atoms with Crippen LogP contribution in [0.4, 0.5) is 11.4 Å². The molecule has 1 amide bonds. The van der Waals surface area contributed by atoms with Crippen LogP contribution in [0.15, 0.2) is 59.4 Å². The molecule has 0 aliphatic carbocycles. The predicted octanol–water partition coefficient (Wildman–Crippen LogP) is 3.26. The van der Waals surface area contributed by atoms with Crippen molar-refractivity contribution in [2.75, 3.05) is 5.32 Å². The molecule has 0 aliphatic rings. The standard InChI is InChI=1S/C20H18N4O4/c1-3-14-7-6-8-15(12-14)21-20(26)19-18(25)11-13(2)23(22-19)16-9-4-5-10-17(16)24(27)28/h4-12H,3H2,1-2H3,(H,21,26). The Bertz CT molecular complexity index is 1120. The number of hydrogen-bond donors (Lipinski definition) is 1. The molecule has 28 heavy (non-hydrogen) atoms. The number of nitro benzene ring substituents is 1. The van der Waals surface area contributed by atoms with Crippen LogP contribution in [-0.2, 0) is 6.42 Å². The second-order valence-corrected chi connectivity index (χ2v) is 6.16. The minimum Gasteiger partial charge on any atom is -0.320 e. The van der Waals surface area contributed by atoms with Gasteiger partial charge in [0.1, 0.15) is 5.69 Å². The van der Waals surface area contributed by atoms with E-state index < -0.39 is 16.3 Å². The molecule has 0 unspecified atom stereocenters. The van der Waals surface area contributed by atoms with Crippen LogP contribution in [0, 0.1) is 17.0 Å². The van der Waals surface area contributed by atoms with E-state index in [1.165, 1.54) is 28.9 Å². The van der Waals surface area contributed by atoms with E-state index in [1.54, 1.807) is 19.1 Å². The van der Waals surface area contributed by atoms with E-state index in [1.807, 2.05) is 25.1 Å². The summed E-state index contributed by atoms with van der Waals surface area (Å²) in [6.07, 6.45) is 0.803. The van der Waals surface area contributed by atoms with Gasteiger partial charge in [0.05, 0.1) is 4.92 Å². The number of hydrogen-bond acceptors (Lipinski definition) is 5. The Balaban J connectivity index is 2.04. The van der Waals surface area contributed by atoms with Crippen molar-refractivity contribution in [2.24, 2.45) is 0 Å².